The molecule has 0 nitrogen and oxygen atoms in total. The van der Waals surface area contributed by atoms with E-state index in [1.54, 1.807) is 11.1 Å². The van der Waals surface area contributed by atoms with Gasteiger partial charge in [-0.2, -0.15) is 0 Å². The summed E-state index contributed by atoms with van der Waals surface area (Å²) in [6.07, 6.45) is 3.89. The van der Waals surface area contributed by atoms with Crippen LogP contribution in [0.2, 0.25) is 0 Å². The van der Waals surface area contributed by atoms with Gasteiger partial charge in [-0.05, 0) is 41.2 Å². The molecule has 15 heavy (non-hydrogen) atoms. The molecule has 1 atom stereocenters. The van der Waals surface area contributed by atoms with Crippen LogP contribution in [0.25, 0.3) is 0 Å². The molecule has 1 aromatic rings. The van der Waals surface area contributed by atoms with E-state index in [4.69, 9.17) is 0 Å². The quantitative estimate of drug-likeness (QED) is 0.632. The zero-order chi connectivity index (χ0) is 11.1. The highest BCUT2D eigenvalue weighted by atomic mass is 14.4. The Balaban J connectivity index is 2.59. The second-order valence-electron chi connectivity index (χ2n) is 5.84. The van der Waals surface area contributed by atoms with Gasteiger partial charge >= 0.3 is 0 Å². The lowest BCUT2D eigenvalue weighted by molar-refractivity contribution is 0.305. The van der Waals surface area contributed by atoms with Gasteiger partial charge in [0.2, 0.25) is 0 Å². The van der Waals surface area contributed by atoms with Gasteiger partial charge in [0.05, 0.1) is 0 Å². The standard InChI is InChI=1S/C15H22/c1-5-15(4)11-10-14(2,3)12-8-6-7-9-13(12)15/h6-9H,5,10-11H2,1-4H3. The topological polar surface area (TPSA) is 0 Å². The molecule has 0 radical (unpaired) electrons. The summed E-state index contributed by atoms with van der Waals surface area (Å²) in [5.41, 5.74) is 3.93. The van der Waals surface area contributed by atoms with Crippen LogP contribution in [-0.4, -0.2) is 0 Å². The normalized spacial score (nSPS) is 28.5. The Hall–Kier alpha value is -0.780. The SMILES string of the molecule is CCC1(C)CCC(C)(C)c2ccccc21. The average molecular weight is 202 g/mol. The van der Waals surface area contributed by atoms with Crippen molar-refractivity contribution in [2.45, 2.75) is 57.8 Å². The Kier molecular flexibility index (Phi) is 2.41. The zero-order valence-electron chi connectivity index (χ0n) is 10.4. The zero-order valence-corrected chi connectivity index (χ0v) is 10.4. The smallest absolute Gasteiger partial charge is 0.00746 e. The van der Waals surface area contributed by atoms with Gasteiger partial charge in [-0.3, -0.25) is 0 Å². The second kappa shape index (κ2) is 3.37. The molecule has 0 amide bonds. The van der Waals surface area contributed by atoms with Crippen LogP contribution in [0, 0.1) is 0 Å². The third kappa shape index (κ3) is 1.60. The molecule has 2 rings (SSSR count). The Labute approximate surface area is 93.7 Å². The van der Waals surface area contributed by atoms with Gasteiger partial charge in [-0.25, -0.2) is 0 Å². The van der Waals surface area contributed by atoms with Crippen molar-refractivity contribution in [2.75, 3.05) is 0 Å². The minimum atomic E-state index is 0.366. The molecule has 1 aromatic carbocycles. The van der Waals surface area contributed by atoms with E-state index in [0.29, 0.717) is 10.8 Å². The van der Waals surface area contributed by atoms with Crippen molar-refractivity contribution < 1.29 is 0 Å². The van der Waals surface area contributed by atoms with E-state index in [-0.39, 0.29) is 0 Å². The maximum absolute atomic E-state index is 2.42. The monoisotopic (exact) mass is 202 g/mol. The molecule has 0 saturated heterocycles. The molecule has 0 saturated carbocycles. The molecule has 1 aliphatic rings. The highest BCUT2D eigenvalue weighted by molar-refractivity contribution is 5.41. The number of fused-ring (bicyclic) bond motifs is 1. The Morgan fingerprint density at radius 1 is 1.00 bits per heavy atom. The predicted molar refractivity (Wildman–Crippen MR) is 66.3 cm³/mol. The third-order valence-electron chi connectivity index (χ3n) is 4.39. The first-order valence-corrected chi connectivity index (χ1v) is 6.10. The minimum Gasteiger partial charge on any atom is -0.0645 e. The second-order valence-corrected chi connectivity index (χ2v) is 5.84. The lowest BCUT2D eigenvalue weighted by atomic mass is 9.61. The number of hydrogen-bond acceptors (Lipinski definition) is 0. The lowest BCUT2D eigenvalue weighted by Crippen LogP contribution is -2.35. The van der Waals surface area contributed by atoms with E-state index in [9.17, 15) is 0 Å². The molecule has 0 aliphatic heterocycles. The van der Waals surface area contributed by atoms with Crippen LogP contribution in [0.15, 0.2) is 24.3 Å². The third-order valence-corrected chi connectivity index (χ3v) is 4.39. The van der Waals surface area contributed by atoms with E-state index in [1.165, 1.54) is 19.3 Å². The molecule has 82 valence electrons. The molecule has 0 bridgehead atoms. The van der Waals surface area contributed by atoms with Gasteiger partial charge in [0.15, 0.2) is 0 Å². The van der Waals surface area contributed by atoms with E-state index in [2.05, 4.69) is 52.0 Å². The van der Waals surface area contributed by atoms with Crippen molar-refractivity contribution >= 4 is 0 Å². The summed E-state index contributed by atoms with van der Waals surface area (Å²) < 4.78 is 0. The largest absolute Gasteiger partial charge is 0.0645 e. The summed E-state index contributed by atoms with van der Waals surface area (Å²) in [5, 5.41) is 0. The lowest BCUT2D eigenvalue weighted by Gasteiger charge is -2.43. The fourth-order valence-corrected chi connectivity index (χ4v) is 2.82. The summed E-state index contributed by atoms with van der Waals surface area (Å²) in [6, 6.07) is 9.03. The van der Waals surface area contributed by atoms with Crippen LogP contribution in [0.1, 0.15) is 58.1 Å². The summed E-state index contributed by atoms with van der Waals surface area (Å²) in [7, 11) is 0. The van der Waals surface area contributed by atoms with Crippen LogP contribution in [0.3, 0.4) is 0 Å². The Morgan fingerprint density at radius 3 is 2.20 bits per heavy atom. The van der Waals surface area contributed by atoms with Crippen molar-refractivity contribution in [1.29, 1.82) is 0 Å². The van der Waals surface area contributed by atoms with E-state index in [1.807, 2.05) is 0 Å². The van der Waals surface area contributed by atoms with Gasteiger partial charge < -0.3 is 0 Å². The van der Waals surface area contributed by atoms with E-state index < -0.39 is 0 Å². The summed E-state index contributed by atoms with van der Waals surface area (Å²) >= 11 is 0. The van der Waals surface area contributed by atoms with E-state index >= 15 is 0 Å². The van der Waals surface area contributed by atoms with Gasteiger partial charge in [0, 0.05) is 0 Å². The van der Waals surface area contributed by atoms with Gasteiger partial charge in [-0.1, -0.05) is 52.0 Å². The van der Waals surface area contributed by atoms with Gasteiger partial charge in [0.25, 0.3) is 0 Å². The average Bonchev–Trinajstić information content (AvgIpc) is 2.25. The molecule has 0 fully saturated rings. The van der Waals surface area contributed by atoms with Gasteiger partial charge in [0.1, 0.15) is 0 Å². The highest BCUT2D eigenvalue weighted by Crippen LogP contribution is 2.47. The molecule has 1 aliphatic carbocycles. The summed E-state index contributed by atoms with van der Waals surface area (Å²) in [6.45, 7) is 9.48. The molecule has 0 N–H and O–H groups in total. The minimum absolute atomic E-state index is 0.366. The van der Waals surface area contributed by atoms with Crippen molar-refractivity contribution in [1.82, 2.24) is 0 Å². The summed E-state index contributed by atoms with van der Waals surface area (Å²) in [5.74, 6) is 0. The molecule has 0 heterocycles. The first-order valence-electron chi connectivity index (χ1n) is 6.10. The highest BCUT2D eigenvalue weighted by Gasteiger charge is 2.38. The maximum atomic E-state index is 2.42. The van der Waals surface area contributed by atoms with E-state index in [0.717, 1.165) is 0 Å². The van der Waals surface area contributed by atoms with Crippen molar-refractivity contribution in [3.8, 4) is 0 Å². The van der Waals surface area contributed by atoms with Crippen LogP contribution >= 0.6 is 0 Å². The van der Waals surface area contributed by atoms with Crippen molar-refractivity contribution in [3.63, 3.8) is 0 Å². The van der Waals surface area contributed by atoms with Crippen molar-refractivity contribution in [3.05, 3.63) is 35.4 Å². The fraction of sp³-hybridized carbons (Fsp3) is 0.600. The van der Waals surface area contributed by atoms with Crippen LogP contribution in [0.4, 0.5) is 0 Å². The van der Waals surface area contributed by atoms with Crippen LogP contribution in [-0.2, 0) is 10.8 Å². The fourth-order valence-electron chi connectivity index (χ4n) is 2.82. The number of hydrogen-bond donors (Lipinski definition) is 0. The summed E-state index contributed by atoms with van der Waals surface area (Å²) in [4.78, 5) is 0. The molecular weight excluding hydrogens is 180 g/mol. The first-order chi connectivity index (χ1) is 6.99. The number of benzene rings is 1. The molecule has 0 spiro atoms. The molecule has 1 unspecified atom stereocenters. The van der Waals surface area contributed by atoms with Gasteiger partial charge in [-0.15, -0.1) is 0 Å². The molecular formula is C15H22. The maximum Gasteiger partial charge on any atom is -0.00746 e. The van der Waals surface area contributed by atoms with Crippen LogP contribution < -0.4 is 0 Å². The number of rotatable bonds is 1. The molecule has 0 aromatic heterocycles. The van der Waals surface area contributed by atoms with Crippen LogP contribution in [0.5, 0.6) is 0 Å². The Morgan fingerprint density at radius 2 is 1.60 bits per heavy atom. The first kappa shape index (κ1) is 10.7. The van der Waals surface area contributed by atoms with Crippen molar-refractivity contribution in [2.24, 2.45) is 0 Å². The molecule has 0 heteroatoms. The Bertz CT molecular complexity index is 362. The predicted octanol–water partition coefficient (Wildman–Crippen LogP) is 4.43.